The summed E-state index contributed by atoms with van der Waals surface area (Å²) in [5.74, 6) is 0. The highest BCUT2D eigenvalue weighted by Gasteiger charge is 2.27. The molecule has 1 aliphatic heterocycles. The smallest absolute Gasteiger partial charge is 0.0382 e. The number of hydrogen-bond donors (Lipinski definition) is 2. The Morgan fingerprint density at radius 3 is 2.79 bits per heavy atom. The fraction of sp³-hybridized carbons (Fsp3) is 0.500. The summed E-state index contributed by atoms with van der Waals surface area (Å²) in [5, 5.41) is 3.43. The lowest BCUT2D eigenvalue weighted by Crippen LogP contribution is -2.28. The third kappa shape index (κ3) is 1.35. The van der Waals surface area contributed by atoms with Crippen LogP contribution in [0.5, 0.6) is 0 Å². The van der Waals surface area contributed by atoms with E-state index in [2.05, 4.69) is 38.2 Å². The maximum absolute atomic E-state index is 5.94. The zero-order valence-corrected chi connectivity index (χ0v) is 9.15. The second-order valence-electron chi connectivity index (χ2n) is 4.82. The van der Waals surface area contributed by atoms with Gasteiger partial charge in [0.15, 0.2) is 0 Å². The SMILES string of the molecule is Cc1cc2c(cc1N)C(C)(C)CCN2. The Hall–Kier alpha value is -1.18. The minimum atomic E-state index is 0.252. The Balaban J connectivity index is 2.59. The van der Waals surface area contributed by atoms with Crippen molar-refractivity contribution < 1.29 is 0 Å². The molecule has 1 aliphatic rings. The Bertz CT molecular complexity index is 367. The van der Waals surface area contributed by atoms with Gasteiger partial charge < -0.3 is 11.1 Å². The first-order chi connectivity index (χ1) is 6.50. The summed E-state index contributed by atoms with van der Waals surface area (Å²) in [6, 6.07) is 4.28. The van der Waals surface area contributed by atoms with Gasteiger partial charge in [0.25, 0.3) is 0 Å². The molecule has 1 aromatic carbocycles. The molecule has 0 saturated carbocycles. The second kappa shape index (κ2) is 2.91. The molecular weight excluding hydrogens is 172 g/mol. The number of nitrogen functional groups attached to an aromatic ring is 1. The van der Waals surface area contributed by atoms with Gasteiger partial charge in [0.05, 0.1) is 0 Å². The first-order valence-corrected chi connectivity index (χ1v) is 5.15. The van der Waals surface area contributed by atoms with Gasteiger partial charge in [-0.15, -0.1) is 0 Å². The van der Waals surface area contributed by atoms with Crippen molar-refractivity contribution in [2.45, 2.75) is 32.6 Å². The van der Waals surface area contributed by atoms with E-state index in [1.807, 2.05) is 0 Å². The number of nitrogens with one attached hydrogen (secondary N) is 1. The first-order valence-electron chi connectivity index (χ1n) is 5.15. The summed E-state index contributed by atoms with van der Waals surface area (Å²) in [7, 11) is 0. The highest BCUT2D eigenvalue weighted by Crippen LogP contribution is 2.38. The van der Waals surface area contributed by atoms with Crippen LogP contribution in [-0.2, 0) is 5.41 Å². The molecule has 76 valence electrons. The molecule has 0 bridgehead atoms. The second-order valence-corrected chi connectivity index (χ2v) is 4.82. The Morgan fingerprint density at radius 2 is 2.07 bits per heavy atom. The van der Waals surface area contributed by atoms with E-state index >= 15 is 0 Å². The molecule has 1 aromatic rings. The lowest BCUT2D eigenvalue weighted by atomic mass is 9.78. The van der Waals surface area contributed by atoms with Crippen molar-refractivity contribution in [1.82, 2.24) is 0 Å². The quantitative estimate of drug-likeness (QED) is 0.617. The summed E-state index contributed by atoms with van der Waals surface area (Å²) < 4.78 is 0. The molecule has 0 radical (unpaired) electrons. The van der Waals surface area contributed by atoms with Crippen LogP contribution in [0.4, 0.5) is 11.4 Å². The van der Waals surface area contributed by atoms with Crippen LogP contribution >= 0.6 is 0 Å². The summed E-state index contributed by atoms with van der Waals surface area (Å²) in [6.45, 7) is 7.67. The highest BCUT2D eigenvalue weighted by atomic mass is 14.9. The number of anilines is 2. The predicted molar refractivity (Wildman–Crippen MR) is 61.7 cm³/mol. The molecule has 0 amide bonds. The van der Waals surface area contributed by atoms with E-state index in [1.165, 1.54) is 17.7 Å². The molecule has 0 fully saturated rings. The summed E-state index contributed by atoms with van der Waals surface area (Å²) in [6.07, 6.45) is 1.17. The van der Waals surface area contributed by atoms with Gasteiger partial charge >= 0.3 is 0 Å². The number of rotatable bonds is 0. The zero-order chi connectivity index (χ0) is 10.3. The van der Waals surface area contributed by atoms with Gasteiger partial charge in [-0.05, 0) is 42.0 Å². The van der Waals surface area contributed by atoms with Crippen molar-refractivity contribution in [3.63, 3.8) is 0 Å². The van der Waals surface area contributed by atoms with Crippen LogP contribution in [0.25, 0.3) is 0 Å². The van der Waals surface area contributed by atoms with Gasteiger partial charge in [0, 0.05) is 17.9 Å². The number of hydrogen-bond acceptors (Lipinski definition) is 2. The molecule has 0 aromatic heterocycles. The van der Waals surface area contributed by atoms with Crippen LogP contribution in [0, 0.1) is 6.92 Å². The fourth-order valence-corrected chi connectivity index (χ4v) is 2.08. The molecule has 2 heteroatoms. The maximum atomic E-state index is 5.94. The van der Waals surface area contributed by atoms with E-state index in [-0.39, 0.29) is 5.41 Å². The van der Waals surface area contributed by atoms with Crippen LogP contribution in [0.3, 0.4) is 0 Å². The molecule has 14 heavy (non-hydrogen) atoms. The third-order valence-corrected chi connectivity index (χ3v) is 3.20. The Labute approximate surface area is 85.5 Å². The van der Waals surface area contributed by atoms with Gasteiger partial charge in [-0.25, -0.2) is 0 Å². The lowest BCUT2D eigenvalue weighted by Gasteiger charge is -2.33. The van der Waals surface area contributed by atoms with Gasteiger partial charge in [-0.3, -0.25) is 0 Å². The molecule has 2 rings (SSSR count). The topological polar surface area (TPSA) is 38.0 Å². The largest absolute Gasteiger partial charge is 0.399 e. The van der Waals surface area contributed by atoms with E-state index in [1.54, 1.807) is 0 Å². The molecule has 0 saturated heterocycles. The van der Waals surface area contributed by atoms with Crippen molar-refractivity contribution in [2.24, 2.45) is 0 Å². The van der Waals surface area contributed by atoms with Gasteiger partial charge in [-0.1, -0.05) is 13.8 Å². The molecule has 2 nitrogen and oxygen atoms in total. The van der Waals surface area contributed by atoms with Crippen LogP contribution in [-0.4, -0.2) is 6.54 Å². The van der Waals surface area contributed by atoms with Crippen molar-refractivity contribution in [3.8, 4) is 0 Å². The molecule has 1 heterocycles. The minimum absolute atomic E-state index is 0.252. The summed E-state index contributed by atoms with van der Waals surface area (Å²) in [5.41, 5.74) is 10.9. The normalized spacial score (nSPS) is 18.5. The molecule has 0 spiro atoms. The lowest BCUT2D eigenvalue weighted by molar-refractivity contribution is 0.482. The molecule has 3 N–H and O–H groups in total. The van der Waals surface area contributed by atoms with Crippen molar-refractivity contribution >= 4 is 11.4 Å². The number of fused-ring (bicyclic) bond motifs is 1. The van der Waals surface area contributed by atoms with Crippen molar-refractivity contribution in [1.29, 1.82) is 0 Å². The van der Waals surface area contributed by atoms with Crippen LogP contribution < -0.4 is 11.1 Å². The van der Waals surface area contributed by atoms with Gasteiger partial charge in [0.1, 0.15) is 0 Å². The predicted octanol–water partition coefficient (Wildman–Crippen LogP) is 2.67. The number of benzene rings is 1. The average molecular weight is 190 g/mol. The zero-order valence-electron chi connectivity index (χ0n) is 9.15. The number of nitrogens with two attached hydrogens (primary N) is 1. The van der Waals surface area contributed by atoms with Crippen LogP contribution in [0.1, 0.15) is 31.4 Å². The molecule has 0 unspecified atom stereocenters. The fourth-order valence-electron chi connectivity index (χ4n) is 2.08. The molecular formula is C12H18N2. The van der Waals surface area contributed by atoms with E-state index in [9.17, 15) is 0 Å². The van der Waals surface area contributed by atoms with Crippen molar-refractivity contribution in [2.75, 3.05) is 17.6 Å². The number of aryl methyl sites for hydroxylation is 1. The maximum Gasteiger partial charge on any atom is 0.0382 e. The van der Waals surface area contributed by atoms with Gasteiger partial charge in [-0.2, -0.15) is 0 Å². The first kappa shape index (κ1) is 9.38. The Morgan fingerprint density at radius 1 is 1.36 bits per heavy atom. The summed E-state index contributed by atoms with van der Waals surface area (Å²) in [4.78, 5) is 0. The monoisotopic (exact) mass is 190 g/mol. The van der Waals surface area contributed by atoms with E-state index in [0.717, 1.165) is 17.8 Å². The highest BCUT2D eigenvalue weighted by molar-refractivity contribution is 5.65. The van der Waals surface area contributed by atoms with E-state index in [0.29, 0.717) is 0 Å². The van der Waals surface area contributed by atoms with E-state index < -0.39 is 0 Å². The van der Waals surface area contributed by atoms with Crippen LogP contribution in [0.15, 0.2) is 12.1 Å². The standard InChI is InChI=1S/C12H18N2/c1-8-6-11-9(7-10(8)13)12(2,3)4-5-14-11/h6-7,14H,4-5,13H2,1-3H3. The van der Waals surface area contributed by atoms with Gasteiger partial charge in [0.2, 0.25) is 0 Å². The van der Waals surface area contributed by atoms with Crippen LogP contribution in [0.2, 0.25) is 0 Å². The van der Waals surface area contributed by atoms with E-state index in [4.69, 9.17) is 5.73 Å². The summed E-state index contributed by atoms with van der Waals surface area (Å²) >= 11 is 0. The third-order valence-electron chi connectivity index (χ3n) is 3.20. The molecule has 0 aliphatic carbocycles. The van der Waals surface area contributed by atoms with Crippen molar-refractivity contribution in [3.05, 3.63) is 23.3 Å². The Kier molecular flexibility index (Phi) is 1.95. The average Bonchev–Trinajstić information content (AvgIpc) is 2.08. The molecule has 0 atom stereocenters. The minimum Gasteiger partial charge on any atom is -0.399 e.